The molecular weight excluding hydrogens is 413 g/mol. The molecule has 3 nitrogen and oxygen atoms in total. The van der Waals surface area contributed by atoms with E-state index in [9.17, 15) is 10.1 Å². The third kappa shape index (κ3) is 4.81. The lowest BCUT2D eigenvalue weighted by Gasteiger charge is -2.04. The zero-order valence-electron chi connectivity index (χ0n) is 12.3. The second kappa shape index (κ2) is 8.83. The summed E-state index contributed by atoms with van der Waals surface area (Å²) in [6.07, 6.45) is 0. The minimum Gasteiger partial charge on any atom is -0.258 e. The molecule has 122 valence electrons. The van der Waals surface area contributed by atoms with Crippen LogP contribution in [0, 0.1) is 10.1 Å². The fourth-order valence-electron chi connectivity index (χ4n) is 1.98. The Hall–Kier alpha value is -1.88. The summed E-state index contributed by atoms with van der Waals surface area (Å²) in [5.41, 5.74) is 1.28. The largest absolute Gasteiger partial charge is 0.277 e. The molecule has 6 heteroatoms. The van der Waals surface area contributed by atoms with Crippen LogP contribution in [0.2, 0.25) is 10.0 Å². The van der Waals surface area contributed by atoms with Crippen molar-refractivity contribution in [1.29, 1.82) is 0 Å². The summed E-state index contributed by atoms with van der Waals surface area (Å²) in [4.78, 5) is 10.5. The second-order valence-corrected chi connectivity index (χ2v) is 6.34. The molecule has 0 radical (unpaired) electrons. The number of nitro groups is 1. The minimum atomic E-state index is -0.404. The van der Waals surface area contributed by atoms with E-state index in [1.54, 1.807) is 42.5 Å². The first-order chi connectivity index (χ1) is 11.5. The Balaban J connectivity index is 0.000000219. The molecule has 0 saturated heterocycles. The molecule has 0 aliphatic rings. The van der Waals surface area contributed by atoms with Gasteiger partial charge in [-0.05, 0) is 40.2 Å². The number of hydrogen-bond donors (Lipinski definition) is 0. The summed E-state index contributed by atoms with van der Waals surface area (Å²) in [7, 11) is 0. The highest BCUT2D eigenvalue weighted by atomic mass is 79.9. The van der Waals surface area contributed by atoms with Crippen molar-refractivity contribution in [1.82, 2.24) is 0 Å². The molecule has 0 amide bonds. The van der Waals surface area contributed by atoms with Crippen molar-refractivity contribution in [2.45, 2.75) is 0 Å². The fraction of sp³-hybridized carbons (Fsp3) is 0. The summed E-state index contributed by atoms with van der Waals surface area (Å²) < 4.78 is 0.946. The van der Waals surface area contributed by atoms with E-state index in [1.165, 1.54) is 6.07 Å². The van der Waals surface area contributed by atoms with Crippen molar-refractivity contribution in [3.63, 3.8) is 0 Å². The molecule has 3 aromatic rings. The van der Waals surface area contributed by atoms with Gasteiger partial charge in [-0.2, -0.15) is 0 Å². The van der Waals surface area contributed by atoms with Gasteiger partial charge in [0.1, 0.15) is 0 Å². The smallest absolute Gasteiger partial charge is 0.258 e. The molecule has 0 heterocycles. The highest BCUT2D eigenvalue weighted by Gasteiger charge is 2.15. The van der Waals surface area contributed by atoms with Gasteiger partial charge >= 0.3 is 0 Å². The first kappa shape index (κ1) is 18.5. The summed E-state index contributed by atoms with van der Waals surface area (Å²) in [5, 5.41) is 12.1. The van der Waals surface area contributed by atoms with Crippen LogP contribution in [0.3, 0.4) is 0 Å². The third-order valence-electron chi connectivity index (χ3n) is 3.09. The van der Waals surface area contributed by atoms with Crippen LogP contribution in [0.4, 0.5) is 5.69 Å². The highest BCUT2D eigenvalue weighted by Crippen LogP contribution is 2.33. The van der Waals surface area contributed by atoms with Gasteiger partial charge in [-0.25, -0.2) is 0 Å². The van der Waals surface area contributed by atoms with Gasteiger partial charge < -0.3 is 0 Å². The Bertz CT molecular complexity index is 835. The van der Waals surface area contributed by atoms with E-state index >= 15 is 0 Å². The SMILES string of the molecule is Clc1ccccc1Br.O=[N+]([O-])c1ccccc1-c1ccccc1Cl. The second-order valence-electron chi connectivity index (χ2n) is 4.67. The number of benzene rings is 3. The standard InChI is InChI=1S/C12H8ClNO2.C6H4BrCl/c13-11-7-3-1-5-9(11)10-6-2-4-8-12(10)14(15)16;7-5-3-1-2-4-6(5)8/h1-8H;1-4H. The molecule has 3 rings (SSSR count). The van der Waals surface area contributed by atoms with Crippen LogP contribution in [0.25, 0.3) is 11.1 Å². The minimum absolute atomic E-state index is 0.0654. The van der Waals surface area contributed by atoms with E-state index in [0.717, 1.165) is 9.50 Å². The van der Waals surface area contributed by atoms with Crippen LogP contribution < -0.4 is 0 Å². The normalized spacial score (nSPS) is 9.79. The van der Waals surface area contributed by atoms with E-state index in [0.29, 0.717) is 16.1 Å². The van der Waals surface area contributed by atoms with Gasteiger partial charge in [0.15, 0.2) is 0 Å². The van der Waals surface area contributed by atoms with Crippen molar-refractivity contribution < 1.29 is 4.92 Å². The number of rotatable bonds is 2. The average Bonchev–Trinajstić information content (AvgIpc) is 2.58. The van der Waals surface area contributed by atoms with Gasteiger partial charge in [0.2, 0.25) is 0 Å². The van der Waals surface area contributed by atoms with Crippen molar-refractivity contribution in [2.75, 3.05) is 0 Å². The third-order valence-corrected chi connectivity index (χ3v) is 4.67. The van der Waals surface area contributed by atoms with Crippen molar-refractivity contribution in [3.8, 4) is 11.1 Å². The lowest BCUT2D eigenvalue weighted by atomic mass is 10.0. The molecule has 0 spiro atoms. The quantitative estimate of drug-likeness (QED) is 0.327. The Labute approximate surface area is 158 Å². The Morgan fingerprint density at radius 2 is 1.25 bits per heavy atom. The van der Waals surface area contributed by atoms with Crippen LogP contribution >= 0.6 is 39.1 Å². The number of halogens is 3. The first-order valence-electron chi connectivity index (χ1n) is 6.89. The van der Waals surface area contributed by atoms with Crippen LogP contribution in [0.15, 0.2) is 77.3 Å². The molecular formula is C18H12BrCl2NO2. The number of nitrogens with zero attached hydrogens (tertiary/aromatic N) is 1. The maximum absolute atomic E-state index is 10.9. The average molecular weight is 425 g/mol. The Morgan fingerprint density at radius 1 is 0.750 bits per heavy atom. The van der Waals surface area contributed by atoms with Crippen LogP contribution in [-0.4, -0.2) is 4.92 Å². The van der Waals surface area contributed by atoms with Crippen molar-refractivity contribution in [2.24, 2.45) is 0 Å². The molecule has 3 aromatic carbocycles. The zero-order valence-corrected chi connectivity index (χ0v) is 15.4. The summed E-state index contributed by atoms with van der Waals surface area (Å²) in [6.45, 7) is 0. The zero-order chi connectivity index (χ0) is 17.5. The van der Waals surface area contributed by atoms with Crippen LogP contribution in [0.1, 0.15) is 0 Å². The first-order valence-corrected chi connectivity index (χ1v) is 8.44. The lowest BCUT2D eigenvalue weighted by Crippen LogP contribution is -1.91. The monoisotopic (exact) mass is 423 g/mol. The van der Waals surface area contributed by atoms with Gasteiger partial charge in [0.25, 0.3) is 5.69 Å². The summed E-state index contributed by atoms with van der Waals surface area (Å²) in [5.74, 6) is 0. The van der Waals surface area contributed by atoms with Crippen LogP contribution in [0.5, 0.6) is 0 Å². The maximum Gasteiger partial charge on any atom is 0.277 e. The van der Waals surface area contributed by atoms with E-state index < -0.39 is 4.92 Å². The molecule has 0 N–H and O–H groups in total. The molecule has 0 atom stereocenters. The topological polar surface area (TPSA) is 43.1 Å². The molecule has 0 aliphatic heterocycles. The van der Waals surface area contributed by atoms with Gasteiger partial charge in [-0.15, -0.1) is 0 Å². The molecule has 0 bridgehead atoms. The van der Waals surface area contributed by atoms with E-state index in [2.05, 4.69) is 15.9 Å². The predicted molar refractivity (Wildman–Crippen MR) is 103 cm³/mol. The maximum atomic E-state index is 10.9. The highest BCUT2D eigenvalue weighted by molar-refractivity contribution is 9.10. The Morgan fingerprint density at radius 3 is 1.75 bits per heavy atom. The predicted octanol–water partition coefficient (Wildman–Crippen LogP) is 7.02. The van der Waals surface area contributed by atoms with Gasteiger partial charge in [0, 0.05) is 21.1 Å². The lowest BCUT2D eigenvalue weighted by molar-refractivity contribution is -0.384. The molecule has 0 saturated carbocycles. The molecule has 0 unspecified atom stereocenters. The number of nitro benzene ring substituents is 1. The number of hydrogen-bond acceptors (Lipinski definition) is 2. The van der Waals surface area contributed by atoms with E-state index in [-0.39, 0.29) is 5.69 Å². The van der Waals surface area contributed by atoms with Gasteiger partial charge in [-0.1, -0.05) is 65.7 Å². The van der Waals surface area contributed by atoms with Crippen molar-refractivity contribution >= 4 is 44.8 Å². The number of para-hydroxylation sites is 1. The molecule has 0 aliphatic carbocycles. The molecule has 0 aromatic heterocycles. The van der Waals surface area contributed by atoms with E-state index in [1.807, 2.05) is 24.3 Å². The van der Waals surface area contributed by atoms with E-state index in [4.69, 9.17) is 23.2 Å². The van der Waals surface area contributed by atoms with Crippen molar-refractivity contribution in [3.05, 3.63) is 97.4 Å². The summed E-state index contributed by atoms with van der Waals surface area (Å²) >= 11 is 14.9. The summed E-state index contributed by atoms with van der Waals surface area (Å²) in [6, 6.07) is 21.2. The fourth-order valence-corrected chi connectivity index (χ4v) is 2.64. The molecule has 24 heavy (non-hydrogen) atoms. The molecule has 0 fully saturated rings. The van der Waals surface area contributed by atoms with Gasteiger partial charge in [0.05, 0.1) is 15.5 Å². The van der Waals surface area contributed by atoms with Gasteiger partial charge in [-0.3, -0.25) is 10.1 Å². The van der Waals surface area contributed by atoms with Crippen LogP contribution in [-0.2, 0) is 0 Å². The Kier molecular flexibility index (Phi) is 6.79.